The lowest BCUT2D eigenvalue weighted by molar-refractivity contribution is -0.120. The molecule has 0 atom stereocenters. The summed E-state index contributed by atoms with van der Waals surface area (Å²) in [5.41, 5.74) is 5.95. The highest BCUT2D eigenvalue weighted by Gasteiger charge is 2.12. The highest BCUT2D eigenvalue weighted by Crippen LogP contribution is 2.04. The number of carbonyl (C=O) groups is 1. The fraction of sp³-hybridized carbons (Fsp3) is 0.417. The van der Waals surface area contributed by atoms with E-state index >= 15 is 0 Å². The predicted octanol–water partition coefficient (Wildman–Crippen LogP) is 1.64. The number of hydrogen-bond donors (Lipinski definition) is 2. The summed E-state index contributed by atoms with van der Waals surface area (Å²) in [5, 5.41) is 2.70. The summed E-state index contributed by atoms with van der Waals surface area (Å²) in [6.07, 6.45) is 0.174. The Morgan fingerprint density at radius 1 is 1.47 bits per heavy atom. The maximum absolute atomic E-state index is 12.8. The highest BCUT2D eigenvalue weighted by atomic mass is 35.5. The van der Waals surface area contributed by atoms with Crippen molar-refractivity contribution in [2.24, 2.45) is 5.73 Å². The fourth-order valence-corrected chi connectivity index (χ4v) is 1.22. The first-order chi connectivity index (χ1) is 7.37. The Morgan fingerprint density at radius 3 is 2.65 bits per heavy atom. The second kappa shape index (κ2) is 6.57. The molecule has 96 valence electrons. The third-order valence-electron chi connectivity index (χ3n) is 1.99. The van der Waals surface area contributed by atoms with Gasteiger partial charge >= 0.3 is 0 Å². The Kier molecular flexibility index (Phi) is 6.13. The van der Waals surface area contributed by atoms with Crippen LogP contribution in [-0.2, 0) is 11.2 Å². The van der Waals surface area contributed by atoms with Gasteiger partial charge in [-0.1, -0.05) is 12.1 Å². The third-order valence-corrected chi connectivity index (χ3v) is 1.99. The van der Waals surface area contributed by atoms with E-state index in [1.54, 1.807) is 12.1 Å². The van der Waals surface area contributed by atoms with Crippen LogP contribution in [0.3, 0.4) is 0 Å². The number of nitrogens with one attached hydrogen (secondary N) is 1. The van der Waals surface area contributed by atoms with E-state index in [-0.39, 0.29) is 30.6 Å². The van der Waals surface area contributed by atoms with Crippen LogP contribution in [0.1, 0.15) is 19.4 Å². The normalized spacial score (nSPS) is 10.6. The van der Waals surface area contributed by atoms with Gasteiger partial charge in [-0.3, -0.25) is 4.79 Å². The van der Waals surface area contributed by atoms with E-state index in [4.69, 9.17) is 5.73 Å². The van der Waals surface area contributed by atoms with Crippen LogP contribution in [0, 0.1) is 5.82 Å². The molecule has 1 amide bonds. The molecule has 0 saturated carbocycles. The van der Waals surface area contributed by atoms with E-state index in [0.717, 1.165) is 0 Å². The molecule has 17 heavy (non-hydrogen) atoms. The van der Waals surface area contributed by atoms with Gasteiger partial charge in [0.2, 0.25) is 5.91 Å². The molecule has 0 bridgehead atoms. The van der Waals surface area contributed by atoms with Crippen LogP contribution in [0.25, 0.3) is 0 Å². The maximum atomic E-state index is 12.8. The second-order valence-electron chi connectivity index (χ2n) is 4.57. The summed E-state index contributed by atoms with van der Waals surface area (Å²) in [4.78, 5) is 11.5. The number of rotatable bonds is 4. The lowest BCUT2D eigenvalue weighted by atomic mass is 10.1. The molecule has 0 saturated heterocycles. The Hall–Kier alpha value is -1.13. The van der Waals surface area contributed by atoms with Crippen molar-refractivity contribution in [1.82, 2.24) is 5.32 Å². The minimum atomic E-state index is -0.433. The minimum Gasteiger partial charge on any atom is -0.354 e. The maximum Gasteiger partial charge on any atom is 0.224 e. The monoisotopic (exact) mass is 260 g/mol. The predicted molar refractivity (Wildman–Crippen MR) is 68.6 cm³/mol. The van der Waals surface area contributed by atoms with E-state index in [1.807, 2.05) is 13.8 Å². The number of hydrogen-bond acceptors (Lipinski definition) is 2. The van der Waals surface area contributed by atoms with Gasteiger partial charge in [-0.2, -0.15) is 0 Å². The van der Waals surface area contributed by atoms with Gasteiger partial charge in [-0.25, -0.2) is 4.39 Å². The molecule has 0 heterocycles. The van der Waals surface area contributed by atoms with Crippen LogP contribution in [-0.4, -0.2) is 18.0 Å². The number of amides is 1. The smallest absolute Gasteiger partial charge is 0.224 e. The molecular weight excluding hydrogens is 243 g/mol. The van der Waals surface area contributed by atoms with Gasteiger partial charge < -0.3 is 11.1 Å². The lowest BCUT2D eigenvalue weighted by Gasteiger charge is -2.18. The molecule has 3 nitrogen and oxygen atoms in total. The standard InChI is InChI=1S/C12H17FN2O.ClH/c1-12(2,14)8-15-11(16)7-9-4-3-5-10(13)6-9;/h3-6H,7-8,14H2,1-2H3,(H,15,16);1H. The largest absolute Gasteiger partial charge is 0.354 e. The van der Waals surface area contributed by atoms with Crippen molar-refractivity contribution in [2.75, 3.05) is 6.54 Å². The SMILES string of the molecule is CC(C)(N)CNC(=O)Cc1cccc(F)c1.Cl. The molecule has 0 aliphatic heterocycles. The number of carbonyl (C=O) groups excluding carboxylic acids is 1. The average Bonchev–Trinajstić information content (AvgIpc) is 2.14. The van der Waals surface area contributed by atoms with Crippen LogP contribution < -0.4 is 11.1 Å². The van der Waals surface area contributed by atoms with Gasteiger partial charge in [0.15, 0.2) is 0 Å². The van der Waals surface area contributed by atoms with Crippen molar-refractivity contribution in [3.8, 4) is 0 Å². The van der Waals surface area contributed by atoms with E-state index in [1.165, 1.54) is 12.1 Å². The first-order valence-corrected chi connectivity index (χ1v) is 5.17. The second-order valence-corrected chi connectivity index (χ2v) is 4.57. The van der Waals surface area contributed by atoms with Crippen LogP contribution in [0.5, 0.6) is 0 Å². The molecule has 0 fully saturated rings. The van der Waals surface area contributed by atoms with E-state index < -0.39 is 5.54 Å². The van der Waals surface area contributed by atoms with E-state index in [9.17, 15) is 9.18 Å². The van der Waals surface area contributed by atoms with Crippen molar-refractivity contribution in [3.63, 3.8) is 0 Å². The van der Waals surface area contributed by atoms with E-state index in [2.05, 4.69) is 5.32 Å². The van der Waals surface area contributed by atoms with Gasteiger partial charge in [0.05, 0.1) is 6.42 Å². The van der Waals surface area contributed by atoms with Crippen LogP contribution in [0.2, 0.25) is 0 Å². The quantitative estimate of drug-likeness (QED) is 0.865. The third kappa shape index (κ3) is 6.92. The Bertz CT molecular complexity index is 377. The summed E-state index contributed by atoms with van der Waals surface area (Å²) >= 11 is 0. The molecule has 0 spiro atoms. The summed E-state index contributed by atoms with van der Waals surface area (Å²) < 4.78 is 12.8. The Morgan fingerprint density at radius 2 is 2.12 bits per heavy atom. The van der Waals surface area contributed by atoms with Gasteiger partial charge in [0.25, 0.3) is 0 Å². The molecular formula is C12H18ClFN2O. The molecule has 1 rings (SSSR count). The molecule has 3 N–H and O–H groups in total. The molecule has 0 aromatic heterocycles. The van der Waals surface area contributed by atoms with E-state index in [0.29, 0.717) is 12.1 Å². The van der Waals surface area contributed by atoms with Crippen molar-refractivity contribution >= 4 is 18.3 Å². The molecule has 0 unspecified atom stereocenters. The zero-order chi connectivity index (χ0) is 12.2. The molecule has 0 aliphatic carbocycles. The molecule has 0 radical (unpaired) electrons. The van der Waals surface area contributed by atoms with Gasteiger partial charge in [-0.05, 0) is 31.5 Å². The minimum absolute atomic E-state index is 0. The topological polar surface area (TPSA) is 55.1 Å². The Balaban J connectivity index is 0.00000256. The molecule has 0 aliphatic rings. The summed E-state index contributed by atoms with van der Waals surface area (Å²) in [7, 11) is 0. The summed E-state index contributed by atoms with van der Waals surface area (Å²) in [5.74, 6) is -0.478. The van der Waals surface area contributed by atoms with Crippen LogP contribution in [0.15, 0.2) is 24.3 Å². The zero-order valence-corrected chi connectivity index (χ0v) is 10.8. The van der Waals surface area contributed by atoms with Crippen molar-refractivity contribution in [3.05, 3.63) is 35.6 Å². The number of nitrogens with two attached hydrogens (primary N) is 1. The fourth-order valence-electron chi connectivity index (χ4n) is 1.22. The summed E-state index contributed by atoms with van der Waals surface area (Å²) in [6.45, 7) is 4.06. The zero-order valence-electron chi connectivity index (χ0n) is 10.00. The van der Waals surface area contributed by atoms with Crippen LogP contribution in [0.4, 0.5) is 4.39 Å². The van der Waals surface area contributed by atoms with Crippen molar-refractivity contribution in [2.45, 2.75) is 25.8 Å². The Labute approximate surface area is 107 Å². The van der Waals surface area contributed by atoms with Crippen molar-refractivity contribution < 1.29 is 9.18 Å². The average molecular weight is 261 g/mol. The highest BCUT2D eigenvalue weighted by molar-refractivity contribution is 5.85. The summed E-state index contributed by atoms with van der Waals surface area (Å²) in [6, 6.07) is 6.01. The first kappa shape index (κ1) is 15.9. The number of halogens is 2. The van der Waals surface area contributed by atoms with Gasteiger partial charge in [0.1, 0.15) is 5.82 Å². The van der Waals surface area contributed by atoms with Gasteiger partial charge in [-0.15, -0.1) is 12.4 Å². The lowest BCUT2D eigenvalue weighted by Crippen LogP contribution is -2.45. The number of benzene rings is 1. The molecule has 1 aromatic carbocycles. The molecule has 5 heteroatoms. The van der Waals surface area contributed by atoms with Crippen molar-refractivity contribution in [1.29, 1.82) is 0 Å². The molecule has 1 aromatic rings. The first-order valence-electron chi connectivity index (χ1n) is 5.17. The van der Waals surface area contributed by atoms with Gasteiger partial charge in [0, 0.05) is 12.1 Å². The van der Waals surface area contributed by atoms with Crippen LogP contribution >= 0.6 is 12.4 Å².